The van der Waals surface area contributed by atoms with E-state index in [4.69, 9.17) is 4.99 Å². The predicted octanol–water partition coefficient (Wildman–Crippen LogP) is 1.66. The number of guanidine groups is 1. The number of nitrogens with zero attached hydrogens (tertiary/aromatic N) is 8. The lowest BCUT2D eigenvalue weighted by Gasteiger charge is -2.36. The molecule has 0 radical (unpaired) electrons. The fourth-order valence-corrected chi connectivity index (χ4v) is 4.05. The molecule has 10 heteroatoms. The first kappa shape index (κ1) is 20.3. The summed E-state index contributed by atoms with van der Waals surface area (Å²) in [6, 6.07) is 6.04. The van der Waals surface area contributed by atoms with Crippen molar-refractivity contribution in [2.24, 2.45) is 4.99 Å². The monoisotopic (exact) mass is 425 g/mol. The lowest BCUT2D eigenvalue weighted by atomic mass is 10.3. The third-order valence-corrected chi connectivity index (χ3v) is 5.89. The van der Waals surface area contributed by atoms with Gasteiger partial charge in [0.05, 0.1) is 6.54 Å². The van der Waals surface area contributed by atoms with Crippen molar-refractivity contribution in [1.82, 2.24) is 34.9 Å². The fourth-order valence-electron chi connectivity index (χ4n) is 3.42. The van der Waals surface area contributed by atoms with Crippen molar-refractivity contribution in [3.05, 3.63) is 53.0 Å². The minimum Gasteiger partial charge on any atom is -0.354 e. The Morgan fingerprint density at radius 1 is 1.17 bits per heavy atom. The second-order valence-corrected chi connectivity index (χ2v) is 8.00. The number of aryl methyl sites for hydroxylation is 1. The molecule has 3 aromatic heterocycles. The van der Waals surface area contributed by atoms with Gasteiger partial charge in [-0.2, -0.15) is 0 Å². The molecule has 9 nitrogen and oxygen atoms in total. The number of rotatable bonds is 7. The molecule has 0 spiro atoms. The first-order valence-electron chi connectivity index (χ1n) is 10.3. The topological polar surface area (TPSA) is 87.4 Å². The Hall–Kier alpha value is -3.01. The maximum atomic E-state index is 4.90. The van der Waals surface area contributed by atoms with Crippen LogP contribution in [0.1, 0.15) is 17.6 Å². The van der Waals surface area contributed by atoms with E-state index in [2.05, 4.69) is 64.3 Å². The summed E-state index contributed by atoms with van der Waals surface area (Å²) >= 11 is 1.74. The molecule has 0 saturated carbocycles. The Morgan fingerprint density at radius 3 is 2.73 bits per heavy atom. The average molecular weight is 426 g/mol. The van der Waals surface area contributed by atoms with Gasteiger partial charge in [0.2, 0.25) is 5.95 Å². The van der Waals surface area contributed by atoms with Gasteiger partial charge in [0.25, 0.3) is 0 Å². The summed E-state index contributed by atoms with van der Waals surface area (Å²) < 4.78 is 2.09. The molecule has 1 aliphatic rings. The van der Waals surface area contributed by atoms with Crippen molar-refractivity contribution in [2.45, 2.75) is 26.4 Å². The minimum absolute atomic E-state index is 0.689. The van der Waals surface area contributed by atoms with Crippen LogP contribution in [0, 0.1) is 0 Å². The molecular weight excluding hydrogens is 398 g/mol. The number of aliphatic imine (C=N–C) groups is 1. The van der Waals surface area contributed by atoms with E-state index in [1.54, 1.807) is 30.1 Å². The lowest BCUT2D eigenvalue weighted by Crippen LogP contribution is -2.53. The molecule has 1 aliphatic heterocycles. The van der Waals surface area contributed by atoms with Crippen LogP contribution >= 0.6 is 11.3 Å². The molecular formula is C20H27N9S. The van der Waals surface area contributed by atoms with Crippen LogP contribution in [0.15, 0.2) is 47.3 Å². The van der Waals surface area contributed by atoms with E-state index in [0.29, 0.717) is 6.54 Å². The predicted molar refractivity (Wildman–Crippen MR) is 119 cm³/mol. The van der Waals surface area contributed by atoms with Crippen LogP contribution in [-0.4, -0.2) is 68.3 Å². The molecule has 0 aliphatic carbocycles. The quantitative estimate of drug-likeness (QED) is 0.455. The van der Waals surface area contributed by atoms with Crippen LogP contribution in [0.5, 0.6) is 0 Å². The van der Waals surface area contributed by atoms with Crippen molar-refractivity contribution in [2.75, 3.05) is 37.6 Å². The van der Waals surface area contributed by atoms with E-state index >= 15 is 0 Å². The number of nitrogens with one attached hydrogen (secondary N) is 1. The van der Waals surface area contributed by atoms with Gasteiger partial charge in [0, 0.05) is 63.0 Å². The number of hydrogen-bond acceptors (Lipinski definition) is 7. The molecule has 4 rings (SSSR count). The molecule has 0 amide bonds. The summed E-state index contributed by atoms with van der Waals surface area (Å²) in [5.74, 6) is 2.75. The normalized spacial score (nSPS) is 14.9. The summed E-state index contributed by atoms with van der Waals surface area (Å²) in [5, 5.41) is 13.8. The standard InChI is InChI=1S/C20H27N9S/c1-2-18-26-25-16-29(18)9-8-23-20(24-15-17-5-3-14-30-17)28-12-10-27(11-13-28)19-21-6-4-7-22-19/h3-7,14,16H,2,8-13,15H2,1H3,(H,23,24). The van der Waals surface area contributed by atoms with E-state index in [1.807, 2.05) is 6.07 Å². The van der Waals surface area contributed by atoms with Gasteiger partial charge in [-0.05, 0) is 17.5 Å². The van der Waals surface area contributed by atoms with Gasteiger partial charge >= 0.3 is 0 Å². The highest BCUT2D eigenvalue weighted by Crippen LogP contribution is 2.12. The van der Waals surface area contributed by atoms with Gasteiger partial charge in [-0.25, -0.2) is 15.0 Å². The Balaban J connectivity index is 1.38. The summed E-state index contributed by atoms with van der Waals surface area (Å²) in [6.07, 6.45) is 6.25. The van der Waals surface area contributed by atoms with Crippen LogP contribution in [0.4, 0.5) is 5.95 Å². The van der Waals surface area contributed by atoms with Crippen LogP contribution in [0.25, 0.3) is 0 Å². The van der Waals surface area contributed by atoms with Gasteiger partial charge in [-0.1, -0.05) is 13.0 Å². The molecule has 0 aromatic carbocycles. The molecule has 1 fully saturated rings. The van der Waals surface area contributed by atoms with Crippen LogP contribution in [-0.2, 0) is 19.5 Å². The van der Waals surface area contributed by atoms with E-state index < -0.39 is 0 Å². The van der Waals surface area contributed by atoms with Crippen molar-refractivity contribution >= 4 is 23.2 Å². The summed E-state index contributed by atoms with van der Waals surface area (Å²) in [5.41, 5.74) is 0. The maximum Gasteiger partial charge on any atom is 0.225 e. The Bertz CT molecular complexity index is 915. The van der Waals surface area contributed by atoms with Crippen molar-refractivity contribution in [3.8, 4) is 0 Å². The minimum atomic E-state index is 0.689. The maximum absolute atomic E-state index is 4.90. The number of anilines is 1. The average Bonchev–Trinajstić information content (AvgIpc) is 3.49. The summed E-state index contributed by atoms with van der Waals surface area (Å²) in [7, 11) is 0. The summed E-state index contributed by atoms with van der Waals surface area (Å²) in [4.78, 5) is 19.5. The third kappa shape index (κ3) is 5.12. The van der Waals surface area contributed by atoms with Crippen molar-refractivity contribution in [3.63, 3.8) is 0 Å². The SMILES string of the molecule is CCc1nncn1CCNC(=NCc1cccs1)N1CCN(c2ncccn2)CC1. The highest BCUT2D eigenvalue weighted by atomic mass is 32.1. The highest BCUT2D eigenvalue weighted by Gasteiger charge is 2.21. The smallest absolute Gasteiger partial charge is 0.225 e. The molecule has 0 atom stereocenters. The zero-order valence-electron chi connectivity index (χ0n) is 17.2. The third-order valence-electron chi connectivity index (χ3n) is 5.03. The second-order valence-electron chi connectivity index (χ2n) is 6.96. The zero-order valence-corrected chi connectivity index (χ0v) is 18.0. The van der Waals surface area contributed by atoms with Crippen LogP contribution in [0.3, 0.4) is 0 Å². The lowest BCUT2D eigenvalue weighted by molar-refractivity contribution is 0.368. The molecule has 1 N–H and O–H groups in total. The molecule has 0 unspecified atom stereocenters. The zero-order chi connectivity index (χ0) is 20.6. The Labute approximate surface area is 180 Å². The first-order chi connectivity index (χ1) is 14.8. The largest absolute Gasteiger partial charge is 0.354 e. The van der Waals surface area contributed by atoms with Gasteiger partial charge < -0.3 is 19.7 Å². The van der Waals surface area contributed by atoms with Gasteiger partial charge in [-0.15, -0.1) is 21.5 Å². The van der Waals surface area contributed by atoms with E-state index in [-0.39, 0.29) is 0 Å². The fraction of sp³-hybridized carbons (Fsp3) is 0.450. The number of hydrogen-bond donors (Lipinski definition) is 1. The van der Waals surface area contributed by atoms with Gasteiger partial charge in [0.15, 0.2) is 5.96 Å². The molecule has 0 bridgehead atoms. The summed E-state index contributed by atoms with van der Waals surface area (Å²) in [6.45, 7) is 7.86. The van der Waals surface area contributed by atoms with Crippen molar-refractivity contribution < 1.29 is 0 Å². The number of piperazine rings is 1. The first-order valence-corrected chi connectivity index (χ1v) is 11.2. The molecule has 4 heterocycles. The number of aromatic nitrogens is 5. The van der Waals surface area contributed by atoms with Crippen molar-refractivity contribution in [1.29, 1.82) is 0 Å². The van der Waals surface area contributed by atoms with Gasteiger partial charge in [-0.3, -0.25) is 0 Å². The van der Waals surface area contributed by atoms with E-state index in [0.717, 1.165) is 63.4 Å². The van der Waals surface area contributed by atoms with Crippen LogP contribution in [0.2, 0.25) is 0 Å². The molecule has 3 aromatic rings. The second kappa shape index (κ2) is 10.1. The highest BCUT2D eigenvalue weighted by molar-refractivity contribution is 7.09. The van der Waals surface area contributed by atoms with E-state index in [1.165, 1.54) is 4.88 Å². The molecule has 158 valence electrons. The molecule has 1 saturated heterocycles. The van der Waals surface area contributed by atoms with Crippen LogP contribution < -0.4 is 10.2 Å². The number of thiophene rings is 1. The Kier molecular flexibility index (Phi) is 6.86. The van der Waals surface area contributed by atoms with E-state index in [9.17, 15) is 0 Å². The Morgan fingerprint density at radius 2 is 2.00 bits per heavy atom. The molecule has 30 heavy (non-hydrogen) atoms. The van der Waals surface area contributed by atoms with Gasteiger partial charge in [0.1, 0.15) is 12.2 Å².